The second-order valence-electron chi connectivity index (χ2n) is 6.03. The van der Waals surface area contributed by atoms with Gasteiger partial charge in [-0.2, -0.15) is 0 Å². The Kier molecular flexibility index (Phi) is 6.26. The van der Waals surface area contributed by atoms with Gasteiger partial charge in [0.2, 0.25) is 0 Å². The molecule has 0 aromatic rings. The zero-order valence-electron chi connectivity index (χ0n) is 12.8. The fraction of sp³-hybridized carbons (Fsp3) is 0.857. The maximum Gasteiger partial charge on any atom is 0.407 e. The van der Waals surface area contributed by atoms with Crippen LogP contribution in [-0.4, -0.2) is 42.9 Å². The van der Waals surface area contributed by atoms with Crippen LogP contribution in [0.15, 0.2) is 0 Å². The Labute approximate surface area is 120 Å². The topological polar surface area (TPSA) is 76.7 Å². The minimum absolute atomic E-state index is 0.0447. The number of hydrogen-bond acceptors (Lipinski definition) is 5. The van der Waals surface area contributed by atoms with Gasteiger partial charge in [0.25, 0.3) is 0 Å². The third kappa shape index (κ3) is 6.75. The first kappa shape index (κ1) is 16.8. The van der Waals surface area contributed by atoms with Crippen LogP contribution in [0.1, 0.15) is 47.0 Å². The number of carbonyl (C=O) groups is 2. The van der Waals surface area contributed by atoms with Crippen molar-refractivity contribution in [2.75, 3.05) is 13.2 Å². The number of alkyl carbamates (subject to hydrolysis) is 1. The number of ether oxygens (including phenoxy) is 2. The Balaban J connectivity index is 2.25. The molecule has 116 valence electrons. The molecule has 1 aliphatic heterocycles. The van der Waals surface area contributed by atoms with E-state index < -0.39 is 11.7 Å². The van der Waals surface area contributed by atoms with Crippen LogP contribution in [0, 0.1) is 0 Å². The standard InChI is InChI=1S/C14H26N2O4/c1-5-19-12(17)8-10-6-7-11(9-15-10)16-13(18)20-14(2,3)4/h10-11,15H,5-9H2,1-4H3,(H,16,18)/t10-,11-/m1/s1. The van der Waals surface area contributed by atoms with Crippen molar-refractivity contribution in [1.82, 2.24) is 10.6 Å². The normalized spacial score (nSPS) is 23.0. The van der Waals surface area contributed by atoms with Gasteiger partial charge in [-0.3, -0.25) is 4.79 Å². The molecule has 6 heteroatoms. The van der Waals surface area contributed by atoms with Gasteiger partial charge in [-0.25, -0.2) is 4.79 Å². The molecule has 0 aromatic heterocycles. The molecular formula is C14H26N2O4. The fourth-order valence-corrected chi connectivity index (χ4v) is 2.11. The van der Waals surface area contributed by atoms with Gasteiger partial charge in [0.15, 0.2) is 0 Å². The zero-order valence-corrected chi connectivity index (χ0v) is 12.8. The molecule has 0 bridgehead atoms. The van der Waals surface area contributed by atoms with Gasteiger partial charge in [0.1, 0.15) is 5.60 Å². The smallest absolute Gasteiger partial charge is 0.407 e. The number of esters is 1. The predicted octanol–water partition coefficient (Wildman–Crippen LogP) is 1.58. The molecule has 0 aliphatic carbocycles. The molecule has 2 N–H and O–H groups in total. The summed E-state index contributed by atoms with van der Waals surface area (Å²) < 4.78 is 10.1. The first-order chi connectivity index (χ1) is 9.30. The van der Waals surface area contributed by atoms with E-state index in [1.54, 1.807) is 6.92 Å². The number of rotatable bonds is 4. The molecule has 0 radical (unpaired) electrons. The Morgan fingerprint density at radius 1 is 1.30 bits per heavy atom. The van der Waals surface area contributed by atoms with Gasteiger partial charge in [-0.15, -0.1) is 0 Å². The monoisotopic (exact) mass is 286 g/mol. The van der Waals surface area contributed by atoms with E-state index in [-0.39, 0.29) is 18.1 Å². The van der Waals surface area contributed by atoms with Crippen LogP contribution in [0.25, 0.3) is 0 Å². The highest BCUT2D eigenvalue weighted by Gasteiger charge is 2.25. The lowest BCUT2D eigenvalue weighted by molar-refractivity contribution is -0.143. The summed E-state index contributed by atoms with van der Waals surface area (Å²) in [6, 6.07) is 0.175. The van der Waals surface area contributed by atoms with E-state index in [0.717, 1.165) is 12.8 Å². The second kappa shape index (κ2) is 7.47. The molecule has 1 fully saturated rings. The molecule has 1 aliphatic rings. The first-order valence-electron chi connectivity index (χ1n) is 7.18. The average molecular weight is 286 g/mol. The largest absolute Gasteiger partial charge is 0.466 e. The highest BCUT2D eigenvalue weighted by Crippen LogP contribution is 2.13. The fourth-order valence-electron chi connectivity index (χ4n) is 2.11. The van der Waals surface area contributed by atoms with Crippen LogP contribution in [0.5, 0.6) is 0 Å². The van der Waals surface area contributed by atoms with Crippen molar-refractivity contribution in [3.05, 3.63) is 0 Å². The molecule has 1 saturated heterocycles. The number of nitrogens with one attached hydrogen (secondary N) is 2. The van der Waals surface area contributed by atoms with E-state index in [9.17, 15) is 9.59 Å². The summed E-state index contributed by atoms with van der Waals surface area (Å²) in [6.45, 7) is 8.36. The van der Waals surface area contributed by atoms with Crippen LogP contribution in [0.2, 0.25) is 0 Å². The van der Waals surface area contributed by atoms with E-state index in [1.165, 1.54) is 0 Å². The Morgan fingerprint density at radius 2 is 2.00 bits per heavy atom. The third-order valence-electron chi connectivity index (χ3n) is 2.96. The summed E-state index contributed by atoms with van der Waals surface area (Å²) in [5.41, 5.74) is -0.487. The van der Waals surface area contributed by atoms with Gasteiger partial charge in [-0.1, -0.05) is 0 Å². The molecule has 1 heterocycles. The predicted molar refractivity (Wildman–Crippen MR) is 75.4 cm³/mol. The molecule has 0 saturated carbocycles. The lowest BCUT2D eigenvalue weighted by atomic mass is 9.98. The number of amides is 1. The lowest BCUT2D eigenvalue weighted by Gasteiger charge is -2.30. The van der Waals surface area contributed by atoms with E-state index in [1.807, 2.05) is 20.8 Å². The van der Waals surface area contributed by atoms with E-state index in [0.29, 0.717) is 19.6 Å². The summed E-state index contributed by atoms with van der Waals surface area (Å²) in [5.74, 6) is -0.177. The van der Waals surface area contributed by atoms with Crippen molar-refractivity contribution in [3.63, 3.8) is 0 Å². The van der Waals surface area contributed by atoms with Gasteiger partial charge in [0, 0.05) is 18.6 Å². The van der Waals surface area contributed by atoms with E-state index in [4.69, 9.17) is 9.47 Å². The molecule has 0 spiro atoms. The zero-order chi connectivity index (χ0) is 15.2. The average Bonchev–Trinajstić information content (AvgIpc) is 2.29. The highest BCUT2D eigenvalue weighted by atomic mass is 16.6. The minimum atomic E-state index is -0.487. The summed E-state index contributed by atoms with van der Waals surface area (Å²) >= 11 is 0. The minimum Gasteiger partial charge on any atom is -0.466 e. The van der Waals surface area contributed by atoms with Gasteiger partial charge >= 0.3 is 12.1 Å². The maximum atomic E-state index is 11.6. The number of carbonyl (C=O) groups excluding carboxylic acids is 2. The second-order valence-corrected chi connectivity index (χ2v) is 6.03. The van der Waals surface area contributed by atoms with Crippen molar-refractivity contribution < 1.29 is 19.1 Å². The molecule has 1 rings (SSSR count). The van der Waals surface area contributed by atoms with Crippen molar-refractivity contribution >= 4 is 12.1 Å². The van der Waals surface area contributed by atoms with Crippen molar-refractivity contribution in [2.24, 2.45) is 0 Å². The molecule has 20 heavy (non-hydrogen) atoms. The first-order valence-corrected chi connectivity index (χ1v) is 7.18. The van der Waals surface area contributed by atoms with Crippen LogP contribution in [0.4, 0.5) is 4.79 Å². The summed E-state index contributed by atoms with van der Waals surface area (Å²) in [6.07, 6.45) is 1.65. The molecule has 0 unspecified atom stereocenters. The quantitative estimate of drug-likeness (QED) is 0.767. The number of hydrogen-bond donors (Lipinski definition) is 2. The third-order valence-corrected chi connectivity index (χ3v) is 2.96. The van der Waals surface area contributed by atoms with E-state index >= 15 is 0 Å². The van der Waals surface area contributed by atoms with Crippen LogP contribution in [-0.2, 0) is 14.3 Å². The van der Waals surface area contributed by atoms with Gasteiger partial charge in [0.05, 0.1) is 13.0 Å². The Morgan fingerprint density at radius 3 is 2.50 bits per heavy atom. The molecule has 0 aromatic carbocycles. The lowest BCUT2D eigenvalue weighted by Crippen LogP contribution is -2.51. The Bertz CT molecular complexity index is 331. The summed E-state index contributed by atoms with van der Waals surface area (Å²) in [7, 11) is 0. The Hall–Kier alpha value is -1.30. The van der Waals surface area contributed by atoms with Crippen molar-refractivity contribution in [2.45, 2.75) is 64.6 Å². The van der Waals surface area contributed by atoms with Crippen LogP contribution in [0.3, 0.4) is 0 Å². The van der Waals surface area contributed by atoms with Gasteiger partial charge < -0.3 is 20.1 Å². The van der Waals surface area contributed by atoms with Crippen LogP contribution < -0.4 is 10.6 Å². The molecular weight excluding hydrogens is 260 g/mol. The van der Waals surface area contributed by atoms with Crippen molar-refractivity contribution in [1.29, 1.82) is 0 Å². The van der Waals surface area contributed by atoms with Gasteiger partial charge in [-0.05, 0) is 40.5 Å². The van der Waals surface area contributed by atoms with E-state index in [2.05, 4.69) is 10.6 Å². The molecule has 1 amide bonds. The molecule has 2 atom stereocenters. The van der Waals surface area contributed by atoms with Crippen LogP contribution >= 0.6 is 0 Å². The SMILES string of the molecule is CCOC(=O)C[C@H]1CC[C@@H](NC(=O)OC(C)(C)C)CN1. The summed E-state index contributed by atoms with van der Waals surface area (Å²) in [5, 5.41) is 6.09. The molecule has 6 nitrogen and oxygen atoms in total. The van der Waals surface area contributed by atoms with Crippen molar-refractivity contribution in [3.8, 4) is 0 Å². The number of piperidine rings is 1. The summed E-state index contributed by atoms with van der Waals surface area (Å²) in [4.78, 5) is 23.0. The maximum absolute atomic E-state index is 11.6. The highest BCUT2D eigenvalue weighted by molar-refractivity contribution is 5.70.